The fraction of sp³-hybridized carbons (Fsp3) is 0.387. The average molecular weight is 593 g/mol. The average Bonchev–Trinajstić information content (AvgIpc) is 3.40. The molecule has 1 aromatic heterocycles. The van der Waals surface area contributed by atoms with Crippen molar-refractivity contribution in [3.05, 3.63) is 71.9 Å². The Labute approximate surface area is 250 Å². The summed E-state index contributed by atoms with van der Waals surface area (Å²) in [5, 5.41) is 18.6. The molecule has 0 aliphatic rings. The lowest BCUT2D eigenvalue weighted by molar-refractivity contribution is -0.142. The van der Waals surface area contributed by atoms with E-state index in [2.05, 4.69) is 20.9 Å². The normalized spacial score (nSPS) is 14.6. The number of hydrogen-bond acceptors (Lipinski definition) is 6. The molecule has 0 radical (unpaired) electrons. The largest absolute Gasteiger partial charge is 0.480 e. The van der Waals surface area contributed by atoms with Gasteiger partial charge in [0.1, 0.15) is 18.1 Å². The summed E-state index contributed by atoms with van der Waals surface area (Å²) in [5.41, 5.74) is 13.5. The van der Waals surface area contributed by atoms with Crippen LogP contribution < -0.4 is 27.4 Å². The first-order chi connectivity index (χ1) is 20.5. The van der Waals surface area contributed by atoms with Crippen molar-refractivity contribution in [1.82, 2.24) is 20.9 Å². The Morgan fingerprint density at radius 3 is 2.16 bits per heavy atom. The van der Waals surface area contributed by atoms with Crippen molar-refractivity contribution in [3.63, 3.8) is 0 Å². The number of amides is 4. The molecule has 5 atom stereocenters. The topological polar surface area (TPSA) is 209 Å². The number of aromatic amines is 1. The fourth-order valence-corrected chi connectivity index (χ4v) is 4.70. The van der Waals surface area contributed by atoms with Crippen LogP contribution in [0, 0.1) is 5.92 Å². The van der Waals surface area contributed by atoms with Gasteiger partial charge in [-0.05, 0) is 29.5 Å². The van der Waals surface area contributed by atoms with E-state index < -0.39 is 53.8 Å². The van der Waals surface area contributed by atoms with E-state index in [1.165, 1.54) is 0 Å². The van der Waals surface area contributed by atoms with E-state index >= 15 is 0 Å². The van der Waals surface area contributed by atoms with Gasteiger partial charge >= 0.3 is 5.97 Å². The number of benzene rings is 2. The molecule has 2 aromatic carbocycles. The van der Waals surface area contributed by atoms with Crippen molar-refractivity contribution >= 4 is 40.5 Å². The van der Waals surface area contributed by atoms with E-state index in [0.717, 1.165) is 22.0 Å². The number of aliphatic carboxylic acids is 1. The summed E-state index contributed by atoms with van der Waals surface area (Å²) >= 11 is 0. The Kier molecular flexibility index (Phi) is 11.8. The third-order valence-corrected chi connectivity index (χ3v) is 7.46. The van der Waals surface area contributed by atoms with Gasteiger partial charge in [0.05, 0.1) is 6.04 Å². The summed E-state index contributed by atoms with van der Waals surface area (Å²) in [7, 11) is 0. The van der Waals surface area contributed by atoms with Gasteiger partial charge in [-0.15, -0.1) is 0 Å². The number of hydrogen-bond donors (Lipinski definition) is 7. The number of rotatable bonds is 16. The molecular weight excluding hydrogens is 552 g/mol. The minimum Gasteiger partial charge on any atom is -0.480 e. The monoisotopic (exact) mass is 592 g/mol. The van der Waals surface area contributed by atoms with Gasteiger partial charge in [-0.3, -0.25) is 19.2 Å². The molecule has 12 heteroatoms. The second kappa shape index (κ2) is 15.5. The number of primary amides is 1. The maximum atomic E-state index is 13.7. The third-order valence-electron chi connectivity index (χ3n) is 7.46. The number of carboxylic acids is 1. The Morgan fingerprint density at radius 1 is 0.860 bits per heavy atom. The first-order valence-corrected chi connectivity index (χ1v) is 14.3. The molecule has 230 valence electrons. The minimum absolute atomic E-state index is 0.00151. The van der Waals surface area contributed by atoms with Crippen LogP contribution in [0.15, 0.2) is 60.8 Å². The maximum absolute atomic E-state index is 13.7. The van der Waals surface area contributed by atoms with Gasteiger partial charge in [-0.1, -0.05) is 68.8 Å². The highest BCUT2D eigenvalue weighted by Gasteiger charge is 2.33. The van der Waals surface area contributed by atoms with Gasteiger partial charge in [0, 0.05) is 36.4 Å². The maximum Gasteiger partial charge on any atom is 0.326 e. The van der Waals surface area contributed by atoms with Gasteiger partial charge in [0.25, 0.3) is 0 Å². The number of fused-ring (bicyclic) bond motifs is 1. The molecule has 0 aliphatic heterocycles. The molecule has 4 amide bonds. The van der Waals surface area contributed by atoms with Gasteiger partial charge in [-0.25, -0.2) is 4.79 Å². The van der Waals surface area contributed by atoms with Gasteiger partial charge < -0.3 is 37.5 Å². The van der Waals surface area contributed by atoms with Crippen LogP contribution >= 0.6 is 0 Å². The zero-order chi connectivity index (χ0) is 31.5. The molecule has 3 aromatic rings. The molecule has 9 N–H and O–H groups in total. The van der Waals surface area contributed by atoms with Crippen molar-refractivity contribution in [3.8, 4) is 0 Å². The minimum atomic E-state index is -1.22. The number of nitrogens with one attached hydrogen (secondary N) is 4. The third kappa shape index (κ3) is 9.40. The number of nitrogens with two attached hydrogens (primary N) is 2. The van der Waals surface area contributed by atoms with E-state index in [1.807, 2.05) is 37.3 Å². The van der Waals surface area contributed by atoms with E-state index in [9.17, 15) is 29.1 Å². The molecular formula is C31H40N6O6. The van der Waals surface area contributed by atoms with E-state index in [1.54, 1.807) is 37.4 Å². The number of aromatic nitrogens is 1. The van der Waals surface area contributed by atoms with E-state index in [-0.39, 0.29) is 31.6 Å². The lowest BCUT2D eigenvalue weighted by Crippen LogP contribution is -2.59. The zero-order valence-corrected chi connectivity index (χ0v) is 24.3. The van der Waals surface area contributed by atoms with Crippen LogP contribution in [0.2, 0.25) is 0 Å². The van der Waals surface area contributed by atoms with Crippen LogP contribution in [0.25, 0.3) is 10.9 Å². The molecule has 43 heavy (non-hydrogen) atoms. The predicted octanol–water partition coefficient (Wildman–Crippen LogP) is 1.13. The Morgan fingerprint density at radius 2 is 1.51 bits per heavy atom. The number of para-hydroxylation sites is 1. The molecule has 0 spiro atoms. The second-order valence-electron chi connectivity index (χ2n) is 10.7. The van der Waals surface area contributed by atoms with Crippen LogP contribution in [0.3, 0.4) is 0 Å². The van der Waals surface area contributed by atoms with Crippen molar-refractivity contribution in [1.29, 1.82) is 0 Å². The lowest BCUT2D eigenvalue weighted by atomic mass is 9.96. The lowest BCUT2D eigenvalue weighted by Gasteiger charge is -2.28. The van der Waals surface area contributed by atoms with E-state index in [0.29, 0.717) is 6.42 Å². The van der Waals surface area contributed by atoms with Crippen LogP contribution in [-0.2, 0) is 36.8 Å². The Bertz CT molecular complexity index is 1420. The first-order valence-electron chi connectivity index (χ1n) is 14.3. The van der Waals surface area contributed by atoms with Crippen molar-refractivity contribution in [2.75, 3.05) is 0 Å². The van der Waals surface area contributed by atoms with Gasteiger partial charge in [0.2, 0.25) is 23.6 Å². The van der Waals surface area contributed by atoms with Gasteiger partial charge in [-0.2, -0.15) is 0 Å². The molecule has 0 aliphatic carbocycles. The standard InChI is InChI=1S/C31H40N6O6/c1-3-18(2)27(30(41)36-25(31(42)43)15-19-9-5-4-6-10-19)37-29(40)24(35-28(39)22(32)13-14-26(33)38)16-20-17-34-23-12-8-7-11-21(20)23/h4-12,17-18,22,24-25,27,34H,3,13-16,32H2,1-2H3,(H2,33,38)(H,35,39)(H,36,41)(H,37,40)(H,42,43). The number of H-pyrrole nitrogens is 1. The van der Waals surface area contributed by atoms with Crippen molar-refractivity contribution in [2.45, 2.75) is 70.1 Å². The van der Waals surface area contributed by atoms with Crippen LogP contribution in [0.1, 0.15) is 44.2 Å². The highest BCUT2D eigenvalue weighted by Crippen LogP contribution is 2.20. The Balaban J connectivity index is 1.83. The van der Waals surface area contributed by atoms with Crippen LogP contribution in [0.4, 0.5) is 0 Å². The highest BCUT2D eigenvalue weighted by molar-refractivity contribution is 5.95. The fourth-order valence-electron chi connectivity index (χ4n) is 4.70. The molecule has 3 rings (SSSR count). The smallest absolute Gasteiger partial charge is 0.326 e. The number of carbonyl (C=O) groups excluding carboxylic acids is 4. The van der Waals surface area contributed by atoms with Crippen molar-refractivity contribution < 1.29 is 29.1 Å². The van der Waals surface area contributed by atoms with Gasteiger partial charge in [0.15, 0.2) is 0 Å². The molecule has 0 saturated heterocycles. The van der Waals surface area contributed by atoms with Crippen LogP contribution in [-0.4, -0.2) is 63.9 Å². The molecule has 0 bridgehead atoms. The Hall–Kier alpha value is -4.71. The summed E-state index contributed by atoms with van der Waals surface area (Å²) < 4.78 is 0. The summed E-state index contributed by atoms with van der Waals surface area (Å²) in [6.45, 7) is 3.61. The summed E-state index contributed by atoms with van der Waals surface area (Å²) in [4.78, 5) is 66.4. The zero-order valence-electron chi connectivity index (χ0n) is 24.3. The molecule has 5 unspecified atom stereocenters. The SMILES string of the molecule is CCC(C)C(NC(=O)C(Cc1c[nH]c2ccccc12)NC(=O)C(N)CCC(N)=O)C(=O)NC(Cc1ccccc1)C(=O)O. The summed E-state index contributed by atoms with van der Waals surface area (Å²) in [6, 6.07) is 11.8. The number of carboxylic acid groups (broad SMARTS) is 1. The molecule has 0 saturated carbocycles. The highest BCUT2D eigenvalue weighted by atomic mass is 16.4. The quantitative estimate of drug-likeness (QED) is 0.129. The van der Waals surface area contributed by atoms with Crippen molar-refractivity contribution in [2.24, 2.45) is 17.4 Å². The summed E-state index contributed by atoms with van der Waals surface area (Å²) in [5.74, 6) is -4.12. The van der Waals surface area contributed by atoms with E-state index in [4.69, 9.17) is 11.5 Å². The molecule has 12 nitrogen and oxygen atoms in total. The predicted molar refractivity (Wildman–Crippen MR) is 161 cm³/mol. The number of carbonyl (C=O) groups is 5. The van der Waals surface area contributed by atoms with Crippen LogP contribution in [0.5, 0.6) is 0 Å². The first kappa shape index (κ1) is 32.8. The summed E-state index contributed by atoms with van der Waals surface area (Å²) in [6.07, 6.45) is 2.28. The second-order valence-corrected chi connectivity index (χ2v) is 10.7. The molecule has 1 heterocycles. The molecule has 0 fully saturated rings.